The number of nitrogens with zero attached hydrogens (tertiary/aromatic N) is 1. The summed E-state index contributed by atoms with van der Waals surface area (Å²) in [7, 11) is 0. The SMILES string of the molecule is Cc1ccc(CN(CC(=O)NCC2CCCCC2)C(C)C)s1. The molecule has 1 fully saturated rings. The Morgan fingerprint density at radius 1 is 1.32 bits per heavy atom. The fourth-order valence-electron chi connectivity index (χ4n) is 3.08. The van der Waals surface area contributed by atoms with Crippen LogP contribution in [0.4, 0.5) is 0 Å². The van der Waals surface area contributed by atoms with Gasteiger partial charge < -0.3 is 5.32 Å². The molecule has 1 aromatic rings. The van der Waals surface area contributed by atoms with Gasteiger partial charge in [0.2, 0.25) is 5.91 Å². The number of hydrogen-bond acceptors (Lipinski definition) is 3. The molecule has 3 nitrogen and oxygen atoms in total. The standard InChI is InChI=1S/C18H30N2OS/c1-14(2)20(12-17-10-9-15(3)22-17)13-18(21)19-11-16-7-5-4-6-8-16/h9-10,14,16H,4-8,11-13H2,1-3H3,(H,19,21). The second kappa shape index (κ2) is 8.68. The minimum atomic E-state index is 0.174. The molecule has 0 atom stereocenters. The van der Waals surface area contributed by atoms with Gasteiger partial charge in [0.15, 0.2) is 0 Å². The molecule has 0 bridgehead atoms. The topological polar surface area (TPSA) is 32.3 Å². The van der Waals surface area contributed by atoms with Crippen molar-refractivity contribution in [2.75, 3.05) is 13.1 Å². The van der Waals surface area contributed by atoms with Crippen molar-refractivity contribution < 1.29 is 4.79 Å². The molecule has 124 valence electrons. The zero-order chi connectivity index (χ0) is 15.9. The molecular formula is C18H30N2OS. The third kappa shape index (κ3) is 5.73. The molecule has 0 aromatic carbocycles. The van der Waals surface area contributed by atoms with E-state index in [0.29, 0.717) is 18.5 Å². The molecule has 1 amide bonds. The highest BCUT2D eigenvalue weighted by Gasteiger charge is 2.17. The summed E-state index contributed by atoms with van der Waals surface area (Å²) < 4.78 is 0. The van der Waals surface area contributed by atoms with E-state index in [2.05, 4.69) is 43.1 Å². The van der Waals surface area contributed by atoms with Crippen LogP contribution in [0, 0.1) is 12.8 Å². The van der Waals surface area contributed by atoms with Crippen LogP contribution in [0.1, 0.15) is 55.7 Å². The lowest BCUT2D eigenvalue weighted by Crippen LogP contribution is -2.41. The Balaban J connectivity index is 1.78. The first-order valence-electron chi connectivity index (χ1n) is 8.60. The lowest BCUT2D eigenvalue weighted by molar-refractivity contribution is -0.123. The highest BCUT2D eigenvalue weighted by Crippen LogP contribution is 2.22. The summed E-state index contributed by atoms with van der Waals surface area (Å²) in [5.41, 5.74) is 0. The summed E-state index contributed by atoms with van der Waals surface area (Å²) in [6.07, 6.45) is 6.59. The summed E-state index contributed by atoms with van der Waals surface area (Å²) in [6, 6.07) is 4.71. The molecule has 4 heteroatoms. The highest BCUT2D eigenvalue weighted by atomic mass is 32.1. The third-order valence-corrected chi connectivity index (χ3v) is 5.53. The number of amides is 1. The smallest absolute Gasteiger partial charge is 0.234 e. The zero-order valence-electron chi connectivity index (χ0n) is 14.2. The van der Waals surface area contributed by atoms with E-state index < -0.39 is 0 Å². The second-order valence-corrected chi connectivity index (χ2v) is 8.19. The maximum atomic E-state index is 12.2. The Morgan fingerprint density at radius 3 is 2.64 bits per heavy atom. The molecule has 0 spiro atoms. The summed E-state index contributed by atoms with van der Waals surface area (Å²) in [5, 5.41) is 3.15. The lowest BCUT2D eigenvalue weighted by Gasteiger charge is -2.26. The van der Waals surface area contributed by atoms with E-state index in [1.165, 1.54) is 41.9 Å². The predicted octanol–water partition coefficient (Wildman–Crippen LogP) is 3.96. The van der Waals surface area contributed by atoms with Gasteiger partial charge in [-0.15, -0.1) is 11.3 Å². The van der Waals surface area contributed by atoms with Gasteiger partial charge in [-0.05, 0) is 51.7 Å². The van der Waals surface area contributed by atoms with Crippen molar-refractivity contribution >= 4 is 17.2 Å². The van der Waals surface area contributed by atoms with Gasteiger partial charge in [0, 0.05) is 28.9 Å². The average molecular weight is 323 g/mol. The number of hydrogen-bond donors (Lipinski definition) is 1. The van der Waals surface area contributed by atoms with Gasteiger partial charge in [0.1, 0.15) is 0 Å². The van der Waals surface area contributed by atoms with Crippen LogP contribution in [0.2, 0.25) is 0 Å². The summed E-state index contributed by atoms with van der Waals surface area (Å²) in [5.74, 6) is 0.873. The molecule has 1 N–H and O–H groups in total. The summed E-state index contributed by atoms with van der Waals surface area (Å²) >= 11 is 1.82. The predicted molar refractivity (Wildman–Crippen MR) is 94.2 cm³/mol. The molecule has 1 aliphatic rings. The van der Waals surface area contributed by atoms with Crippen molar-refractivity contribution in [1.82, 2.24) is 10.2 Å². The maximum Gasteiger partial charge on any atom is 0.234 e. The number of nitrogens with one attached hydrogen (secondary N) is 1. The van der Waals surface area contributed by atoms with Crippen molar-refractivity contribution in [3.8, 4) is 0 Å². The summed E-state index contributed by atoms with van der Waals surface area (Å²) in [6.45, 7) is 8.69. The van der Waals surface area contributed by atoms with Gasteiger partial charge in [-0.25, -0.2) is 0 Å². The van der Waals surface area contributed by atoms with Gasteiger partial charge in [0.25, 0.3) is 0 Å². The number of aryl methyl sites for hydroxylation is 1. The monoisotopic (exact) mass is 322 g/mol. The van der Waals surface area contributed by atoms with E-state index in [9.17, 15) is 4.79 Å². The minimum Gasteiger partial charge on any atom is -0.355 e. The molecule has 0 aliphatic heterocycles. The fourth-order valence-corrected chi connectivity index (χ4v) is 4.00. The lowest BCUT2D eigenvalue weighted by atomic mass is 9.89. The fraction of sp³-hybridized carbons (Fsp3) is 0.722. The molecule has 0 saturated heterocycles. The first kappa shape index (κ1) is 17.5. The van der Waals surface area contributed by atoms with E-state index in [1.807, 2.05) is 11.3 Å². The number of thiophene rings is 1. The molecule has 0 unspecified atom stereocenters. The number of rotatable bonds is 7. The minimum absolute atomic E-state index is 0.174. The van der Waals surface area contributed by atoms with Gasteiger partial charge >= 0.3 is 0 Å². The van der Waals surface area contributed by atoms with Gasteiger partial charge in [-0.3, -0.25) is 9.69 Å². The Bertz CT molecular complexity index is 463. The molecule has 1 aromatic heterocycles. The average Bonchev–Trinajstić information content (AvgIpc) is 2.91. The molecule has 2 rings (SSSR count). The van der Waals surface area contributed by atoms with Crippen molar-refractivity contribution in [1.29, 1.82) is 0 Å². The zero-order valence-corrected chi connectivity index (χ0v) is 15.0. The van der Waals surface area contributed by atoms with Gasteiger partial charge in [-0.2, -0.15) is 0 Å². The largest absolute Gasteiger partial charge is 0.355 e. The van der Waals surface area contributed by atoms with E-state index in [1.54, 1.807) is 0 Å². The number of carbonyl (C=O) groups is 1. The molecule has 1 heterocycles. The van der Waals surface area contributed by atoms with E-state index in [4.69, 9.17) is 0 Å². The van der Waals surface area contributed by atoms with Crippen LogP contribution in [0.3, 0.4) is 0 Å². The normalized spacial score (nSPS) is 16.4. The van der Waals surface area contributed by atoms with Crippen LogP contribution in [0.5, 0.6) is 0 Å². The molecule has 1 aliphatic carbocycles. The first-order chi connectivity index (χ1) is 10.5. The first-order valence-corrected chi connectivity index (χ1v) is 9.42. The third-order valence-electron chi connectivity index (χ3n) is 4.54. The molecule has 0 radical (unpaired) electrons. The van der Waals surface area contributed by atoms with E-state index in [-0.39, 0.29) is 5.91 Å². The Kier molecular flexibility index (Phi) is 6.90. The van der Waals surface area contributed by atoms with Gasteiger partial charge in [-0.1, -0.05) is 19.3 Å². The highest BCUT2D eigenvalue weighted by molar-refractivity contribution is 7.11. The van der Waals surface area contributed by atoms with Crippen LogP contribution in [0.25, 0.3) is 0 Å². The Hall–Kier alpha value is -0.870. The Labute approximate surface area is 139 Å². The van der Waals surface area contributed by atoms with Crippen molar-refractivity contribution in [3.63, 3.8) is 0 Å². The van der Waals surface area contributed by atoms with Crippen LogP contribution < -0.4 is 5.32 Å². The van der Waals surface area contributed by atoms with Gasteiger partial charge in [0.05, 0.1) is 6.54 Å². The van der Waals surface area contributed by atoms with Crippen LogP contribution >= 0.6 is 11.3 Å². The van der Waals surface area contributed by atoms with Crippen LogP contribution in [0.15, 0.2) is 12.1 Å². The maximum absolute atomic E-state index is 12.2. The van der Waals surface area contributed by atoms with Crippen molar-refractivity contribution in [3.05, 3.63) is 21.9 Å². The Morgan fingerprint density at radius 2 is 2.05 bits per heavy atom. The quantitative estimate of drug-likeness (QED) is 0.824. The molecular weight excluding hydrogens is 292 g/mol. The molecule has 1 saturated carbocycles. The van der Waals surface area contributed by atoms with E-state index in [0.717, 1.165) is 13.1 Å². The van der Waals surface area contributed by atoms with Crippen LogP contribution in [-0.2, 0) is 11.3 Å². The second-order valence-electron chi connectivity index (χ2n) is 6.82. The summed E-state index contributed by atoms with van der Waals surface area (Å²) in [4.78, 5) is 17.2. The number of carbonyl (C=O) groups excluding carboxylic acids is 1. The van der Waals surface area contributed by atoms with Crippen LogP contribution in [-0.4, -0.2) is 29.9 Å². The van der Waals surface area contributed by atoms with Crippen molar-refractivity contribution in [2.45, 2.75) is 65.5 Å². The van der Waals surface area contributed by atoms with E-state index >= 15 is 0 Å². The van der Waals surface area contributed by atoms with Crippen molar-refractivity contribution in [2.24, 2.45) is 5.92 Å². The molecule has 22 heavy (non-hydrogen) atoms.